The highest BCUT2D eigenvalue weighted by Gasteiger charge is 2.13. The van der Waals surface area contributed by atoms with E-state index >= 15 is 0 Å². The van der Waals surface area contributed by atoms with Gasteiger partial charge in [-0.05, 0) is 31.2 Å². The van der Waals surface area contributed by atoms with E-state index < -0.39 is 16.2 Å². The quantitative estimate of drug-likeness (QED) is 0.533. The molecular weight excluding hydrogens is 288 g/mol. The standard InChI is InChI=1S/C15H10N2O5/c1-9-2-7-13-12(8-9)14(18)16(15(19)22-13)10-3-5-11(6-4-10)17(20)21/h2-8H,1H3. The molecule has 0 atom stereocenters. The van der Waals surface area contributed by atoms with E-state index in [1.54, 1.807) is 18.2 Å². The number of non-ortho nitro benzene ring substituents is 1. The van der Waals surface area contributed by atoms with Crippen LogP contribution in [-0.4, -0.2) is 9.49 Å². The first kappa shape index (κ1) is 13.7. The summed E-state index contributed by atoms with van der Waals surface area (Å²) in [6, 6.07) is 10.0. The predicted molar refractivity (Wildman–Crippen MR) is 79.5 cm³/mol. The van der Waals surface area contributed by atoms with Gasteiger partial charge in [-0.1, -0.05) is 11.6 Å². The van der Waals surface area contributed by atoms with Crippen LogP contribution in [-0.2, 0) is 0 Å². The summed E-state index contributed by atoms with van der Waals surface area (Å²) >= 11 is 0. The fourth-order valence-electron chi connectivity index (χ4n) is 2.19. The summed E-state index contributed by atoms with van der Waals surface area (Å²) in [6.07, 6.45) is 0. The second-order valence-electron chi connectivity index (χ2n) is 4.78. The molecule has 7 heteroatoms. The molecule has 0 bridgehead atoms. The van der Waals surface area contributed by atoms with Gasteiger partial charge < -0.3 is 4.42 Å². The van der Waals surface area contributed by atoms with Gasteiger partial charge in [0, 0.05) is 12.1 Å². The summed E-state index contributed by atoms with van der Waals surface area (Å²) in [7, 11) is 0. The Morgan fingerprint density at radius 2 is 1.77 bits per heavy atom. The molecule has 0 amide bonds. The van der Waals surface area contributed by atoms with E-state index in [-0.39, 0.29) is 22.3 Å². The van der Waals surface area contributed by atoms with Gasteiger partial charge in [0.05, 0.1) is 16.0 Å². The molecule has 3 aromatic rings. The largest absolute Gasteiger partial charge is 0.426 e. The summed E-state index contributed by atoms with van der Waals surface area (Å²) in [6.45, 7) is 1.82. The zero-order valence-corrected chi connectivity index (χ0v) is 11.5. The molecule has 0 unspecified atom stereocenters. The Hall–Kier alpha value is -3.22. The minimum Gasteiger partial charge on any atom is -0.409 e. The van der Waals surface area contributed by atoms with Crippen LogP contribution in [0.25, 0.3) is 16.7 Å². The number of fused-ring (bicyclic) bond motifs is 1. The molecule has 0 aliphatic carbocycles. The number of hydrogen-bond acceptors (Lipinski definition) is 5. The van der Waals surface area contributed by atoms with Crippen LogP contribution in [0.2, 0.25) is 0 Å². The van der Waals surface area contributed by atoms with Crippen LogP contribution in [0, 0.1) is 17.0 Å². The van der Waals surface area contributed by atoms with E-state index in [1.807, 2.05) is 6.92 Å². The predicted octanol–water partition coefficient (Wildman–Crippen LogP) is 2.16. The van der Waals surface area contributed by atoms with Crippen LogP contribution in [0.15, 0.2) is 56.5 Å². The normalized spacial score (nSPS) is 10.8. The second-order valence-corrected chi connectivity index (χ2v) is 4.78. The van der Waals surface area contributed by atoms with Gasteiger partial charge in [-0.2, -0.15) is 0 Å². The lowest BCUT2D eigenvalue weighted by atomic mass is 10.2. The molecule has 7 nitrogen and oxygen atoms in total. The maximum atomic E-state index is 12.5. The first-order valence-corrected chi connectivity index (χ1v) is 6.39. The van der Waals surface area contributed by atoms with Crippen molar-refractivity contribution >= 4 is 16.7 Å². The van der Waals surface area contributed by atoms with Gasteiger partial charge in [0.2, 0.25) is 0 Å². The molecule has 0 spiro atoms. The molecule has 0 fully saturated rings. The molecule has 0 saturated carbocycles. The molecule has 3 rings (SSSR count). The number of benzene rings is 2. The molecule has 0 saturated heterocycles. The Kier molecular flexibility index (Phi) is 3.10. The summed E-state index contributed by atoms with van der Waals surface area (Å²) in [5.41, 5.74) is 0.627. The van der Waals surface area contributed by atoms with Crippen molar-refractivity contribution in [3.63, 3.8) is 0 Å². The Morgan fingerprint density at radius 1 is 1.09 bits per heavy atom. The number of aryl methyl sites for hydroxylation is 1. The van der Waals surface area contributed by atoms with Crippen LogP contribution in [0.3, 0.4) is 0 Å². The van der Waals surface area contributed by atoms with E-state index in [4.69, 9.17) is 4.42 Å². The second kappa shape index (κ2) is 4.96. The van der Waals surface area contributed by atoms with Gasteiger partial charge in [-0.3, -0.25) is 14.9 Å². The molecule has 22 heavy (non-hydrogen) atoms. The molecule has 0 radical (unpaired) electrons. The molecule has 0 aliphatic rings. The smallest absolute Gasteiger partial charge is 0.409 e. The Labute approximate surface area is 123 Å². The first-order chi connectivity index (χ1) is 10.5. The Balaban J connectivity index is 2.28. The fourth-order valence-corrected chi connectivity index (χ4v) is 2.19. The minimum atomic E-state index is -0.838. The summed E-state index contributed by atoms with van der Waals surface area (Å²) < 4.78 is 5.99. The van der Waals surface area contributed by atoms with Gasteiger partial charge in [-0.15, -0.1) is 0 Å². The molecule has 1 aromatic heterocycles. The number of rotatable bonds is 2. The van der Waals surface area contributed by atoms with Gasteiger partial charge in [0.1, 0.15) is 5.58 Å². The summed E-state index contributed by atoms with van der Waals surface area (Å²) in [5, 5.41) is 10.9. The van der Waals surface area contributed by atoms with Crippen molar-refractivity contribution in [3.8, 4) is 5.69 Å². The van der Waals surface area contributed by atoms with Crippen molar-refractivity contribution in [2.45, 2.75) is 6.92 Å². The third kappa shape index (κ3) is 2.18. The summed E-state index contributed by atoms with van der Waals surface area (Å²) in [5.74, 6) is -0.838. The molecule has 1 heterocycles. The number of nitrogens with zero attached hydrogens (tertiary/aromatic N) is 2. The average molecular weight is 298 g/mol. The third-order valence-electron chi connectivity index (χ3n) is 3.27. The highest BCUT2D eigenvalue weighted by atomic mass is 16.6. The number of aromatic nitrogens is 1. The van der Waals surface area contributed by atoms with E-state index in [2.05, 4.69) is 0 Å². The number of nitro groups is 1. The van der Waals surface area contributed by atoms with Crippen LogP contribution in [0.4, 0.5) is 5.69 Å². The average Bonchev–Trinajstić information content (AvgIpc) is 2.49. The van der Waals surface area contributed by atoms with Gasteiger partial charge in [0.15, 0.2) is 0 Å². The van der Waals surface area contributed by atoms with Crippen molar-refractivity contribution in [2.75, 3.05) is 0 Å². The van der Waals surface area contributed by atoms with Crippen molar-refractivity contribution in [2.24, 2.45) is 0 Å². The maximum Gasteiger partial charge on any atom is 0.426 e. The third-order valence-corrected chi connectivity index (χ3v) is 3.27. The van der Waals surface area contributed by atoms with E-state index in [0.29, 0.717) is 0 Å². The van der Waals surface area contributed by atoms with Gasteiger partial charge >= 0.3 is 5.76 Å². The van der Waals surface area contributed by atoms with Crippen LogP contribution < -0.4 is 11.3 Å². The lowest BCUT2D eigenvalue weighted by molar-refractivity contribution is -0.384. The molecule has 110 valence electrons. The highest BCUT2D eigenvalue weighted by Crippen LogP contribution is 2.15. The zero-order chi connectivity index (χ0) is 15.9. The Bertz CT molecular complexity index is 999. The highest BCUT2D eigenvalue weighted by molar-refractivity contribution is 5.76. The van der Waals surface area contributed by atoms with Crippen LogP contribution in [0.1, 0.15) is 5.56 Å². The van der Waals surface area contributed by atoms with Crippen LogP contribution in [0.5, 0.6) is 0 Å². The van der Waals surface area contributed by atoms with Crippen molar-refractivity contribution < 1.29 is 9.34 Å². The topological polar surface area (TPSA) is 95.3 Å². The number of nitro benzene ring substituents is 1. The fraction of sp³-hybridized carbons (Fsp3) is 0.0667. The molecule has 0 aliphatic heterocycles. The van der Waals surface area contributed by atoms with E-state index in [0.717, 1.165) is 10.1 Å². The van der Waals surface area contributed by atoms with Crippen molar-refractivity contribution in [1.82, 2.24) is 4.57 Å². The van der Waals surface area contributed by atoms with E-state index in [9.17, 15) is 19.7 Å². The molecular formula is C15H10N2O5. The zero-order valence-electron chi connectivity index (χ0n) is 11.5. The summed E-state index contributed by atoms with van der Waals surface area (Å²) in [4.78, 5) is 34.6. The molecule has 0 N–H and O–H groups in total. The Morgan fingerprint density at radius 3 is 2.41 bits per heavy atom. The van der Waals surface area contributed by atoms with Gasteiger partial charge in [0.25, 0.3) is 11.2 Å². The van der Waals surface area contributed by atoms with Gasteiger partial charge in [-0.25, -0.2) is 9.36 Å². The van der Waals surface area contributed by atoms with Crippen molar-refractivity contribution in [1.29, 1.82) is 0 Å². The minimum absolute atomic E-state index is 0.127. The van der Waals surface area contributed by atoms with Crippen molar-refractivity contribution in [3.05, 3.63) is 79.0 Å². The maximum absolute atomic E-state index is 12.5. The van der Waals surface area contributed by atoms with Crippen LogP contribution >= 0.6 is 0 Å². The SMILES string of the molecule is Cc1ccc2oc(=O)n(-c3ccc([N+](=O)[O-])cc3)c(=O)c2c1. The lowest BCUT2D eigenvalue weighted by Gasteiger charge is -2.05. The van der Waals surface area contributed by atoms with E-state index in [1.165, 1.54) is 24.3 Å². The lowest BCUT2D eigenvalue weighted by Crippen LogP contribution is -2.30. The first-order valence-electron chi connectivity index (χ1n) is 6.39. The monoisotopic (exact) mass is 298 g/mol. The number of hydrogen-bond donors (Lipinski definition) is 0. The molecule has 2 aromatic carbocycles.